The van der Waals surface area contributed by atoms with Gasteiger partial charge in [-0.1, -0.05) is 90.0 Å². The number of halogens is 2. The van der Waals surface area contributed by atoms with E-state index in [1.54, 1.807) is 4.90 Å². The van der Waals surface area contributed by atoms with Crippen LogP contribution in [0.5, 0.6) is 5.75 Å². The van der Waals surface area contributed by atoms with Crippen LogP contribution in [-0.2, 0) is 0 Å². The number of ether oxygens (including phenoxy) is 1. The number of allylic oxidation sites excluding steroid dienone is 2. The monoisotopic (exact) mass is 491 g/mol. The number of hydrogen-bond donors (Lipinski definition) is 1. The molecule has 1 atom stereocenters. The lowest BCUT2D eigenvalue weighted by Gasteiger charge is -2.24. The van der Waals surface area contributed by atoms with Crippen LogP contribution in [0.4, 0.5) is 0 Å². The summed E-state index contributed by atoms with van der Waals surface area (Å²) in [6, 6.07) is 27.5. The van der Waals surface area contributed by atoms with Gasteiger partial charge < -0.3 is 22.0 Å². The highest BCUT2D eigenvalue weighted by Gasteiger charge is 2.31. The lowest BCUT2D eigenvalue weighted by Crippen LogP contribution is -3.12. The number of quaternary nitrogens is 1. The second kappa shape index (κ2) is 11.3. The Morgan fingerprint density at radius 2 is 1.56 bits per heavy atom. The number of para-hydroxylation sites is 1. The van der Waals surface area contributed by atoms with E-state index in [0.29, 0.717) is 5.03 Å². The van der Waals surface area contributed by atoms with Crippen molar-refractivity contribution in [1.29, 1.82) is 0 Å². The number of hydrogen-bond acceptors (Lipinski definition) is 1. The fourth-order valence-electron chi connectivity index (χ4n) is 5.00. The summed E-state index contributed by atoms with van der Waals surface area (Å²) in [5.41, 5.74) is 5.75. The summed E-state index contributed by atoms with van der Waals surface area (Å²) in [5.74, 6) is 1.64. The lowest BCUT2D eigenvalue weighted by molar-refractivity contribution is -0.899. The SMILES string of the molecule is Cc1ccc(C2=C(Cl)C(=CC[NH+]3CCCCC3)C(c3ccccc3)c3ccccc3O2)cc1.[Cl-]. The summed E-state index contributed by atoms with van der Waals surface area (Å²) in [6.45, 7) is 5.55. The van der Waals surface area contributed by atoms with Crippen molar-refractivity contribution in [2.45, 2.75) is 32.1 Å². The minimum absolute atomic E-state index is 0. The van der Waals surface area contributed by atoms with Gasteiger partial charge in [0.15, 0.2) is 5.76 Å². The fraction of sp³-hybridized carbons (Fsp3) is 0.267. The van der Waals surface area contributed by atoms with Crippen LogP contribution in [0.1, 0.15) is 47.4 Å². The molecule has 176 valence electrons. The van der Waals surface area contributed by atoms with Crippen LogP contribution in [0, 0.1) is 6.92 Å². The Labute approximate surface area is 214 Å². The Bertz CT molecular complexity index is 1160. The van der Waals surface area contributed by atoms with Crippen molar-refractivity contribution < 1.29 is 22.0 Å². The summed E-state index contributed by atoms with van der Waals surface area (Å²) >= 11 is 7.26. The molecule has 1 fully saturated rings. The third-order valence-corrected chi connectivity index (χ3v) is 7.21. The van der Waals surface area contributed by atoms with Crippen LogP contribution < -0.4 is 22.0 Å². The molecule has 1 N–H and O–H groups in total. The number of rotatable bonds is 4. The molecule has 0 aliphatic carbocycles. The normalized spacial score (nSPS) is 19.7. The van der Waals surface area contributed by atoms with Crippen LogP contribution >= 0.6 is 11.6 Å². The van der Waals surface area contributed by atoms with E-state index in [1.807, 2.05) is 6.07 Å². The van der Waals surface area contributed by atoms with Gasteiger partial charge in [0.1, 0.15) is 5.75 Å². The zero-order valence-electron chi connectivity index (χ0n) is 19.6. The standard InChI is InChI=1S/C30H30ClNO.ClH/c1-22-14-16-24(17-15-22)30-29(31)26(18-21-32-19-8-3-9-20-32)28(23-10-4-2-5-11-23)25-12-6-7-13-27(25)33-30;/h2,4-7,10-18,28H,3,8-9,19-21H2,1H3;1H. The molecule has 3 aromatic carbocycles. The molecule has 0 spiro atoms. The molecule has 2 aliphatic rings. The molecule has 1 unspecified atom stereocenters. The van der Waals surface area contributed by atoms with Gasteiger partial charge in [-0.3, -0.25) is 0 Å². The first-order valence-electron chi connectivity index (χ1n) is 12.0. The molecule has 2 aliphatic heterocycles. The minimum Gasteiger partial charge on any atom is -1.00 e. The lowest BCUT2D eigenvalue weighted by atomic mass is 9.83. The smallest absolute Gasteiger partial charge is 0.153 e. The third-order valence-electron chi connectivity index (χ3n) is 6.82. The zero-order chi connectivity index (χ0) is 22.6. The Morgan fingerprint density at radius 1 is 0.882 bits per heavy atom. The quantitative estimate of drug-likeness (QED) is 0.591. The summed E-state index contributed by atoms with van der Waals surface area (Å²) in [6.07, 6.45) is 6.35. The Morgan fingerprint density at radius 3 is 2.29 bits per heavy atom. The largest absolute Gasteiger partial charge is 1.00 e. The van der Waals surface area contributed by atoms with Crippen LogP contribution in [-0.4, -0.2) is 19.6 Å². The van der Waals surface area contributed by atoms with Crippen molar-refractivity contribution in [3.63, 3.8) is 0 Å². The van der Waals surface area contributed by atoms with E-state index in [0.717, 1.165) is 34.8 Å². The first-order chi connectivity index (χ1) is 16.2. The maximum Gasteiger partial charge on any atom is 0.153 e. The number of nitrogens with one attached hydrogen (secondary N) is 1. The molecule has 0 radical (unpaired) electrons. The molecular weight excluding hydrogens is 461 g/mol. The van der Waals surface area contributed by atoms with Gasteiger partial charge in [-0.25, -0.2) is 0 Å². The van der Waals surface area contributed by atoms with Crippen LogP contribution in [0.15, 0.2) is 95.5 Å². The molecule has 0 bridgehead atoms. The minimum atomic E-state index is 0. The molecule has 34 heavy (non-hydrogen) atoms. The Hall–Kier alpha value is -2.52. The highest BCUT2D eigenvalue weighted by Crippen LogP contribution is 2.47. The number of aryl methyl sites for hydroxylation is 1. The van der Waals surface area contributed by atoms with E-state index < -0.39 is 0 Å². The number of benzene rings is 3. The average Bonchev–Trinajstić information content (AvgIpc) is 2.99. The summed E-state index contributed by atoms with van der Waals surface area (Å²) in [4.78, 5) is 1.64. The molecule has 0 saturated carbocycles. The molecule has 1 saturated heterocycles. The van der Waals surface area contributed by atoms with E-state index in [9.17, 15) is 0 Å². The Kier molecular flexibility index (Phi) is 8.15. The molecule has 5 rings (SSSR count). The van der Waals surface area contributed by atoms with E-state index in [1.165, 1.54) is 43.5 Å². The van der Waals surface area contributed by atoms with Crippen molar-refractivity contribution in [1.82, 2.24) is 0 Å². The van der Waals surface area contributed by atoms with E-state index in [-0.39, 0.29) is 18.3 Å². The molecule has 4 heteroatoms. The van der Waals surface area contributed by atoms with Crippen molar-refractivity contribution in [2.75, 3.05) is 19.6 Å². The second-order valence-corrected chi connectivity index (χ2v) is 9.54. The second-order valence-electron chi connectivity index (χ2n) is 9.17. The van der Waals surface area contributed by atoms with E-state index in [4.69, 9.17) is 16.3 Å². The number of piperidine rings is 1. The summed E-state index contributed by atoms with van der Waals surface area (Å²) < 4.78 is 6.57. The first-order valence-corrected chi connectivity index (χ1v) is 12.4. The van der Waals surface area contributed by atoms with E-state index in [2.05, 4.69) is 85.8 Å². The van der Waals surface area contributed by atoms with Gasteiger partial charge in [0.05, 0.1) is 24.7 Å². The average molecular weight is 492 g/mol. The van der Waals surface area contributed by atoms with Crippen molar-refractivity contribution in [3.05, 3.63) is 118 Å². The maximum absolute atomic E-state index is 7.26. The molecule has 2 nitrogen and oxygen atoms in total. The van der Waals surface area contributed by atoms with Crippen molar-refractivity contribution >= 4 is 17.4 Å². The van der Waals surface area contributed by atoms with Crippen LogP contribution in [0.25, 0.3) is 5.76 Å². The van der Waals surface area contributed by atoms with Crippen molar-refractivity contribution in [2.24, 2.45) is 0 Å². The maximum atomic E-state index is 7.26. The van der Waals surface area contributed by atoms with Crippen LogP contribution in [0.2, 0.25) is 0 Å². The fourth-order valence-corrected chi connectivity index (χ4v) is 5.34. The van der Waals surface area contributed by atoms with Crippen molar-refractivity contribution in [3.8, 4) is 5.75 Å². The summed E-state index contributed by atoms with van der Waals surface area (Å²) in [5, 5.41) is 0.709. The molecular formula is C30H31Cl2NO. The molecule has 3 aromatic rings. The van der Waals surface area contributed by atoms with Gasteiger partial charge in [0, 0.05) is 17.0 Å². The Balaban J connectivity index is 0.00000274. The summed E-state index contributed by atoms with van der Waals surface area (Å²) in [7, 11) is 0. The molecule has 0 amide bonds. The van der Waals surface area contributed by atoms with Gasteiger partial charge >= 0.3 is 0 Å². The number of likely N-dealkylation sites (tertiary alicyclic amines) is 1. The van der Waals surface area contributed by atoms with E-state index >= 15 is 0 Å². The highest BCUT2D eigenvalue weighted by molar-refractivity contribution is 6.35. The van der Waals surface area contributed by atoms with Gasteiger partial charge in [-0.15, -0.1) is 0 Å². The van der Waals surface area contributed by atoms with Gasteiger partial charge in [0.25, 0.3) is 0 Å². The van der Waals surface area contributed by atoms with Gasteiger partial charge in [-0.05, 0) is 49.5 Å². The predicted octanol–water partition coefficient (Wildman–Crippen LogP) is 3.13. The molecule has 0 aromatic heterocycles. The topological polar surface area (TPSA) is 13.7 Å². The number of fused-ring (bicyclic) bond motifs is 1. The predicted molar refractivity (Wildman–Crippen MR) is 137 cm³/mol. The van der Waals surface area contributed by atoms with Crippen LogP contribution in [0.3, 0.4) is 0 Å². The van der Waals surface area contributed by atoms with Gasteiger partial charge in [-0.2, -0.15) is 0 Å². The van der Waals surface area contributed by atoms with Gasteiger partial charge in [0.2, 0.25) is 0 Å². The highest BCUT2D eigenvalue weighted by atomic mass is 35.5. The molecule has 2 heterocycles. The zero-order valence-corrected chi connectivity index (χ0v) is 21.1. The first kappa shape index (κ1) is 24.6. The third kappa shape index (κ3) is 5.25.